The largest absolute Gasteiger partial charge is 0.489 e. The number of halogens is 1. The molecule has 1 saturated heterocycles. The number of ether oxygens (including phenoxy) is 1. The lowest BCUT2D eigenvalue weighted by atomic mass is 9.78. The van der Waals surface area contributed by atoms with E-state index in [0.717, 1.165) is 5.56 Å². The van der Waals surface area contributed by atoms with E-state index in [1.165, 1.54) is 0 Å². The van der Waals surface area contributed by atoms with Crippen LogP contribution < -0.4 is 15.4 Å². The van der Waals surface area contributed by atoms with E-state index in [4.69, 9.17) is 16.3 Å². The van der Waals surface area contributed by atoms with Gasteiger partial charge in [-0.2, -0.15) is 0 Å². The minimum atomic E-state index is -1.46. The molecule has 0 radical (unpaired) electrons. The molecule has 1 spiro atoms. The average Bonchev–Trinajstić information content (AvgIpc) is 3.27. The molecule has 1 fully saturated rings. The second kappa shape index (κ2) is 8.17. The number of hydrogen-bond acceptors (Lipinski definition) is 5. The molecule has 0 aliphatic carbocycles. The SMILES string of the molecule is C[C@@H]1N[C@]2(C(=O)Nc3ccccc32)[C@@H]([N+](=O)[O-])[C@H]1c1ccccc1OCc1ccccc1Cl. The predicted molar refractivity (Wildman–Crippen MR) is 125 cm³/mol. The molecule has 0 unspecified atom stereocenters. The van der Waals surface area contributed by atoms with Crippen LogP contribution in [0.15, 0.2) is 72.8 Å². The Morgan fingerprint density at radius 3 is 2.55 bits per heavy atom. The van der Waals surface area contributed by atoms with Gasteiger partial charge in [-0.3, -0.25) is 20.2 Å². The van der Waals surface area contributed by atoms with E-state index in [0.29, 0.717) is 27.6 Å². The molecular weight excluding hydrogens is 442 g/mol. The highest BCUT2D eigenvalue weighted by Crippen LogP contribution is 2.50. The van der Waals surface area contributed by atoms with Crippen molar-refractivity contribution in [3.05, 3.63) is 105 Å². The van der Waals surface area contributed by atoms with Crippen LogP contribution in [0, 0.1) is 10.1 Å². The molecular formula is C25H22ClN3O4. The highest BCUT2D eigenvalue weighted by molar-refractivity contribution is 6.31. The van der Waals surface area contributed by atoms with Crippen molar-refractivity contribution in [1.82, 2.24) is 5.32 Å². The maximum atomic E-state index is 13.2. The predicted octanol–water partition coefficient (Wildman–Crippen LogP) is 4.49. The molecule has 5 rings (SSSR count). The third-order valence-corrected chi connectivity index (χ3v) is 6.95. The number of amides is 1. The van der Waals surface area contributed by atoms with Gasteiger partial charge in [0.2, 0.25) is 0 Å². The molecule has 2 aliphatic rings. The van der Waals surface area contributed by atoms with Crippen molar-refractivity contribution in [3.8, 4) is 5.75 Å². The number of hydrogen-bond donors (Lipinski definition) is 2. The molecule has 2 heterocycles. The van der Waals surface area contributed by atoms with Crippen LogP contribution in [-0.4, -0.2) is 22.9 Å². The van der Waals surface area contributed by atoms with Crippen molar-refractivity contribution in [3.63, 3.8) is 0 Å². The lowest BCUT2D eigenvalue weighted by Crippen LogP contribution is -2.54. The van der Waals surface area contributed by atoms with Gasteiger partial charge in [-0.15, -0.1) is 0 Å². The lowest BCUT2D eigenvalue weighted by Gasteiger charge is -2.26. The molecule has 0 saturated carbocycles. The zero-order chi connectivity index (χ0) is 23.2. The summed E-state index contributed by atoms with van der Waals surface area (Å²) in [6.07, 6.45) is 0. The zero-order valence-corrected chi connectivity index (χ0v) is 18.6. The number of fused-ring (bicyclic) bond motifs is 2. The van der Waals surface area contributed by atoms with Crippen LogP contribution in [0.3, 0.4) is 0 Å². The molecule has 3 aromatic rings. The third kappa shape index (κ3) is 3.35. The fourth-order valence-electron chi connectivity index (χ4n) is 5.18. The first kappa shape index (κ1) is 21.4. The zero-order valence-electron chi connectivity index (χ0n) is 17.8. The minimum Gasteiger partial charge on any atom is -0.489 e. The molecule has 3 aromatic carbocycles. The number of nitrogens with one attached hydrogen (secondary N) is 2. The first-order valence-electron chi connectivity index (χ1n) is 10.7. The lowest BCUT2D eigenvalue weighted by molar-refractivity contribution is -0.532. The number of carbonyl (C=O) groups is 1. The normalized spacial score (nSPS) is 25.6. The molecule has 7 nitrogen and oxygen atoms in total. The van der Waals surface area contributed by atoms with Gasteiger partial charge >= 0.3 is 0 Å². The van der Waals surface area contributed by atoms with Crippen LogP contribution >= 0.6 is 11.6 Å². The molecule has 2 aliphatic heterocycles. The van der Waals surface area contributed by atoms with E-state index < -0.39 is 23.4 Å². The van der Waals surface area contributed by atoms with Crippen molar-refractivity contribution in [2.45, 2.75) is 37.1 Å². The Kier molecular flexibility index (Phi) is 5.31. The first-order chi connectivity index (χ1) is 15.9. The number of anilines is 1. The van der Waals surface area contributed by atoms with Crippen LogP contribution in [-0.2, 0) is 16.9 Å². The van der Waals surface area contributed by atoms with Gasteiger partial charge in [-0.1, -0.05) is 66.2 Å². The van der Waals surface area contributed by atoms with Crippen LogP contribution in [0.1, 0.15) is 29.5 Å². The second-order valence-corrected chi connectivity index (χ2v) is 8.82. The van der Waals surface area contributed by atoms with E-state index in [1.54, 1.807) is 36.4 Å². The van der Waals surface area contributed by atoms with Crippen LogP contribution in [0.5, 0.6) is 5.75 Å². The fourth-order valence-corrected chi connectivity index (χ4v) is 5.37. The van der Waals surface area contributed by atoms with Gasteiger partial charge in [0, 0.05) is 38.4 Å². The molecule has 1 amide bonds. The van der Waals surface area contributed by atoms with Crippen molar-refractivity contribution < 1.29 is 14.5 Å². The van der Waals surface area contributed by atoms with Crippen molar-refractivity contribution in [1.29, 1.82) is 0 Å². The summed E-state index contributed by atoms with van der Waals surface area (Å²) >= 11 is 6.27. The van der Waals surface area contributed by atoms with Gasteiger partial charge in [-0.25, -0.2) is 0 Å². The van der Waals surface area contributed by atoms with Crippen molar-refractivity contribution in [2.75, 3.05) is 5.32 Å². The monoisotopic (exact) mass is 463 g/mol. The van der Waals surface area contributed by atoms with E-state index >= 15 is 0 Å². The fraction of sp³-hybridized carbons (Fsp3) is 0.240. The summed E-state index contributed by atoms with van der Waals surface area (Å²) in [6.45, 7) is 2.10. The van der Waals surface area contributed by atoms with E-state index in [-0.39, 0.29) is 17.6 Å². The Morgan fingerprint density at radius 1 is 1.06 bits per heavy atom. The number of para-hydroxylation sites is 2. The van der Waals surface area contributed by atoms with Gasteiger partial charge < -0.3 is 10.1 Å². The summed E-state index contributed by atoms with van der Waals surface area (Å²) in [5, 5.41) is 19.2. The highest BCUT2D eigenvalue weighted by atomic mass is 35.5. The topological polar surface area (TPSA) is 93.5 Å². The summed E-state index contributed by atoms with van der Waals surface area (Å²) in [5.41, 5.74) is 1.23. The molecule has 8 heteroatoms. The van der Waals surface area contributed by atoms with Crippen LogP contribution in [0.2, 0.25) is 5.02 Å². The molecule has 33 heavy (non-hydrogen) atoms. The summed E-state index contributed by atoms with van der Waals surface area (Å²) in [4.78, 5) is 25.4. The van der Waals surface area contributed by atoms with E-state index in [9.17, 15) is 14.9 Å². The maximum absolute atomic E-state index is 13.2. The minimum absolute atomic E-state index is 0.225. The molecule has 2 N–H and O–H groups in total. The van der Waals surface area contributed by atoms with Gasteiger partial charge in [0.1, 0.15) is 12.4 Å². The van der Waals surface area contributed by atoms with E-state index in [1.807, 2.05) is 43.3 Å². The number of benzene rings is 3. The first-order valence-corrected chi connectivity index (χ1v) is 11.1. The number of carbonyl (C=O) groups excluding carboxylic acids is 1. The maximum Gasteiger partial charge on any atom is 0.256 e. The molecule has 4 atom stereocenters. The average molecular weight is 464 g/mol. The van der Waals surface area contributed by atoms with Gasteiger partial charge in [0.25, 0.3) is 11.9 Å². The van der Waals surface area contributed by atoms with E-state index in [2.05, 4.69) is 10.6 Å². The Morgan fingerprint density at radius 2 is 1.76 bits per heavy atom. The van der Waals surface area contributed by atoms with Crippen molar-refractivity contribution >= 4 is 23.2 Å². The number of rotatable bonds is 5. The summed E-state index contributed by atoms with van der Waals surface area (Å²) < 4.78 is 6.10. The Labute approximate surface area is 195 Å². The summed E-state index contributed by atoms with van der Waals surface area (Å²) in [5.74, 6) is -0.472. The quantitative estimate of drug-likeness (QED) is 0.429. The Balaban J connectivity index is 1.56. The standard InChI is InChI=1S/C25H22ClN3O4/c1-15-22(17-9-3-7-13-21(17)33-14-16-8-2-5-11-19(16)26)23(29(31)32)25(28-15)18-10-4-6-12-20(18)27-24(25)30/h2-13,15,22-23,28H,14H2,1H3,(H,27,30)/t15-,22+,23-,25-/m0/s1. The highest BCUT2D eigenvalue weighted by Gasteiger charge is 2.67. The Hall–Kier alpha value is -3.42. The Bertz CT molecular complexity index is 1250. The van der Waals surface area contributed by atoms with Gasteiger partial charge in [0.05, 0.1) is 5.92 Å². The molecule has 0 bridgehead atoms. The van der Waals surface area contributed by atoms with Crippen molar-refractivity contribution in [2.24, 2.45) is 0 Å². The summed E-state index contributed by atoms with van der Waals surface area (Å²) in [7, 11) is 0. The van der Waals surface area contributed by atoms with Crippen LogP contribution in [0.4, 0.5) is 5.69 Å². The summed E-state index contributed by atoms with van der Waals surface area (Å²) in [6, 6.07) is 20.2. The molecule has 168 valence electrons. The number of nitro groups is 1. The van der Waals surface area contributed by atoms with Gasteiger partial charge in [0.15, 0.2) is 5.54 Å². The second-order valence-electron chi connectivity index (χ2n) is 8.41. The van der Waals surface area contributed by atoms with Crippen LogP contribution in [0.25, 0.3) is 0 Å². The number of nitrogens with zero attached hydrogens (tertiary/aromatic N) is 1. The third-order valence-electron chi connectivity index (χ3n) is 6.58. The van der Waals surface area contributed by atoms with Gasteiger partial charge in [-0.05, 0) is 25.1 Å². The molecule has 0 aromatic heterocycles. The smallest absolute Gasteiger partial charge is 0.256 e.